The molecule has 29 heavy (non-hydrogen) atoms. The zero-order valence-corrected chi connectivity index (χ0v) is 17.3. The summed E-state index contributed by atoms with van der Waals surface area (Å²) < 4.78 is 6.22. The quantitative estimate of drug-likeness (QED) is 0.453. The summed E-state index contributed by atoms with van der Waals surface area (Å²) in [7, 11) is 30.4. The monoisotopic (exact) mass is 380 g/mol. The second kappa shape index (κ2) is 7.83. The largest absolute Gasteiger partial charge is 0.507 e. The SMILES string of the molecule is [B]C([B])([B])C1(C([B])([B])O)Oc2cc(CCCCC)cc(O)c2C2C=C(C)CCC21. The number of hydrogen-bond donors (Lipinski definition) is 2. The standard InChI is InChI=1S/C21H25B5O3/c1-3-4-5-6-13-10-16(27)18-14-9-12(2)7-8-15(14)19(20(22,23)24,21(25,26)28)29-17(18)11-13/h9-11,14-15,27-28H,3-8H2,1-2H3. The Kier molecular flexibility index (Phi) is 6.08. The number of aliphatic hydroxyl groups is 1. The molecule has 10 radical (unpaired) electrons. The van der Waals surface area contributed by atoms with Crippen molar-refractivity contribution in [3.8, 4) is 11.5 Å². The summed E-state index contributed by atoms with van der Waals surface area (Å²) in [5.74, 6) is -0.372. The third-order valence-electron chi connectivity index (χ3n) is 6.36. The van der Waals surface area contributed by atoms with Crippen molar-refractivity contribution in [3.05, 3.63) is 34.9 Å². The van der Waals surface area contributed by atoms with E-state index in [2.05, 4.69) is 6.92 Å². The lowest BCUT2D eigenvalue weighted by molar-refractivity contribution is -0.0985. The number of fused-ring (bicyclic) bond motifs is 3. The molecule has 3 unspecified atom stereocenters. The van der Waals surface area contributed by atoms with Crippen LogP contribution in [0.1, 0.15) is 63.0 Å². The molecule has 1 aliphatic carbocycles. The molecule has 1 heterocycles. The number of allylic oxidation sites excluding steroid dienone is 2. The molecule has 0 fully saturated rings. The van der Waals surface area contributed by atoms with Crippen LogP contribution in [0.3, 0.4) is 0 Å². The van der Waals surface area contributed by atoms with Gasteiger partial charge in [-0.05, 0) is 50.3 Å². The van der Waals surface area contributed by atoms with Crippen LogP contribution in [0.15, 0.2) is 23.8 Å². The van der Waals surface area contributed by atoms with Crippen LogP contribution in [0.2, 0.25) is 5.11 Å². The van der Waals surface area contributed by atoms with E-state index in [-0.39, 0.29) is 11.7 Å². The Hall–Kier alpha value is -1.16. The van der Waals surface area contributed by atoms with Crippen LogP contribution in [0, 0.1) is 5.92 Å². The maximum Gasteiger partial charge on any atom is 0.127 e. The molecule has 8 heteroatoms. The van der Waals surface area contributed by atoms with Gasteiger partial charge in [-0.2, -0.15) is 0 Å². The summed E-state index contributed by atoms with van der Waals surface area (Å²) in [5, 5.41) is 17.2. The minimum Gasteiger partial charge on any atom is -0.507 e. The number of unbranched alkanes of at least 4 members (excludes halogenated alkanes) is 2. The topological polar surface area (TPSA) is 49.7 Å². The van der Waals surface area contributed by atoms with E-state index in [1.807, 2.05) is 19.1 Å². The molecule has 1 aromatic rings. The van der Waals surface area contributed by atoms with Gasteiger partial charge in [-0.3, -0.25) is 0 Å². The van der Waals surface area contributed by atoms with Gasteiger partial charge in [0.25, 0.3) is 0 Å². The summed E-state index contributed by atoms with van der Waals surface area (Å²) in [6.45, 7) is 4.15. The Morgan fingerprint density at radius 3 is 2.45 bits per heavy atom. The molecule has 0 bridgehead atoms. The maximum absolute atomic E-state index is 10.9. The molecule has 3 atom stereocenters. The Balaban J connectivity index is 2.20. The Bertz CT molecular complexity index is 781. The van der Waals surface area contributed by atoms with Gasteiger partial charge in [0.05, 0.1) is 23.5 Å². The van der Waals surface area contributed by atoms with Crippen LogP contribution in [-0.2, 0) is 6.42 Å². The van der Waals surface area contributed by atoms with Crippen molar-refractivity contribution < 1.29 is 14.9 Å². The number of aromatic hydroxyl groups is 1. The van der Waals surface area contributed by atoms with Gasteiger partial charge in [0.15, 0.2) is 0 Å². The average Bonchev–Trinajstić information content (AvgIpc) is 2.58. The van der Waals surface area contributed by atoms with Crippen molar-refractivity contribution in [2.75, 3.05) is 0 Å². The molecule has 0 aromatic heterocycles. The average molecular weight is 379 g/mol. The molecular weight excluding hydrogens is 354 g/mol. The molecule has 2 aliphatic rings. The summed E-state index contributed by atoms with van der Waals surface area (Å²) in [5.41, 5.74) is 0.822. The van der Waals surface area contributed by atoms with Gasteiger partial charge in [0, 0.05) is 22.8 Å². The number of phenols is 1. The van der Waals surface area contributed by atoms with Crippen molar-refractivity contribution in [3.63, 3.8) is 0 Å². The van der Waals surface area contributed by atoms with Crippen molar-refractivity contribution in [1.29, 1.82) is 0 Å². The fraction of sp³-hybridized carbons (Fsp3) is 0.619. The lowest BCUT2D eigenvalue weighted by Crippen LogP contribution is -2.72. The third kappa shape index (κ3) is 3.82. The highest BCUT2D eigenvalue weighted by atomic mass is 16.5. The fourth-order valence-electron chi connectivity index (χ4n) is 5.00. The number of phenolic OH excluding ortho intramolecular Hbond substituents is 1. The van der Waals surface area contributed by atoms with E-state index >= 15 is 0 Å². The highest BCUT2D eigenvalue weighted by Gasteiger charge is 2.61. The van der Waals surface area contributed by atoms with Crippen LogP contribution in [0.4, 0.5) is 0 Å². The van der Waals surface area contributed by atoms with E-state index in [4.69, 9.17) is 44.0 Å². The maximum atomic E-state index is 10.9. The molecule has 0 spiro atoms. The van der Waals surface area contributed by atoms with E-state index in [1.54, 1.807) is 6.07 Å². The Morgan fingerprint density at radius 1 is 1.17 bits per heavy atom. The summed E-state index contributed by atoms with van der Waals surface area (Å²) in [6.07, 6.45) is 7.24. The first-order chi connectivity index (χ1) is 13.4. The molecule has 0 saturated heterocycles. The van der Waals surface area contributed by atoms with Crippen molar-refractivity contribution in [2.24, 2.45) is 5.92 Å². The van der Waals surface area contributed by atoms with Crippen LogP contribution in [-0.4, -0.2) is 60.4 Å². The highest BCUT2D eigenvalue weighted by molar-refractivity contribution is 6.61. The minimum atomic E-state index is -2.40. The number of ether oxygens (including phenoxy) is 1. The molecule has 3 nitrogen and oxygen atoms in total. The molecule has 0 amide bonds. The van der Waals surface area contributed by atoms with Gasteiger partial charge >= 0.3 is 0 Å². The first-order valence-corrected chi connectivity index (χ1v) is 10.3. The van der Waals surface area contributed by atoms with E-state index in [9.17, 15) is 10.2 Å². The molecular formula is C21H25B5O3. The smallest absolute Gasteiger partial charge is 0.127 e. The van der Waals surface area contributed by atoms with Gasteiger partial charge in [0.2, 0.25) is 0 Å². The van der Waals surface area contributed by atoms with Crippen LogP contribution in [0.25, 0.3) is 0 Å². The lowest BCUT2D eigenvalue weighted by Gasteiger charge is -2.62. The molecule has 142 valence electrons. The summed E-state index contributed by atoms with van der Waals surface area (Å²) >= 11 is 0. The predicted molar refractivity (Wildman–Crippen MR) is 120 cm³/mol. The zero-order valence-electron chi connectivity index (χ0n) is 17.3. The van der Waals surface area contributed by atoms with E-state index in [1.165, 1.54) is 0 Å². The van der Waals surface area contributed by atoms with Crippen molar-refractivity contribution in [2.45, 2.75) is 74.4 Å². The predicted octanol–water partition coefficient (Wildman–Crippen LogP) is 2.26. The number of rotatable bonds is 6. The van der Waals surface area contributed by atoms with Gasteiger partial charge in [0.1, 0.15) is 32.8 Å². The second-order valence-electron chi connectivity index (χ2n) is 8.76. The summed E-state index contributed by atoms with van der Waals surface area (Å²) in [6, 6.07) is 3.61. The molecule has 1 aliphatic heterocycles. The second-order valence-corrected chi connectivity index (χ2v) is 8.76. The zero-order chi connectivity index (χ0) is 21.6. The molecule has 1 aromatic carbocycles. The minimum absolute atomic E-state index is 0.137. The molecule has 0 saturated carbocycles. The highest BCUT2D eigenvalue weighted by Crippen LogP contribution is 2.60. The van der Waals surface area contributed by atoms with Gasteiger partial charge in [-0.1, -0.05) is 36.5 Å². The van der Waals surface area contributed by atoms with Gasteiger partial charge in [-0.25, -0.2) is 0 Å². The first-order valence-electron chi connectivity index (χ1n) is 10.3. The normalized spacial score (nSPS) is 26.8. The molecule has 2 N–H and O–H groups in total. The number of benzene rings is 1. The number of aryl methyl sites for hydroxylation is 1. The Labute approximate surface area is 181 Å². The van der Waals surface area contributed by atoms with Crippen molar-refractivity contribution in [1.82, 2.24) is 0 Å². The van der Waals surface area contributed by atoms with Crippen LogP contribution >= 0.6 is 0 Å². The van der Waals surface area contributed by atoms with Gasteiger partial charge in [-0.15, -0.1) is 0 Å². The number of hydrogen-bond acceptors (Lipinski definition) is 3. The Morgan fingerprint density at radius 2 is 1.86 bits per heavy atom. The van der Waals surface area contributed by atoms with Crippen molar-refractivity contribution >= 4 is 39.2 Å². The van der Waals surface area contributed by atoms with E-state index < -0.39 is 22.0 Å². The van der Waals surface area contributed by atoms with Crippen LogP contribution < -0.4 is 4.74 Å². The molecule has 3 rings (SSSR count). The van der Waals surface area contributed by atoms with E-state index in [0.717, 1.165) is 43.2 Å². The first kappa shape index (κ1) is 22.5. The fourth-order valence-corrected chi connectivity index (χ4v) is 5.00. The van der Waals surface area contributed by atoms with Crippen LogP contribution in [0.5, 0.6) is 11.5 Å². The third-order valence-corrected chi connectivity index (χ3v) is 6.36. The van der Waals surface area contributed by atoms with E-state index in [0.29, 0.717) is 17.7 Å². The lowest BCUT2D eigenvalue weighted by atomic mass is 9.27. The summed E-state index contributed by atoms with van der Waals surface area (Å²) in [4.78, 5) is 0. The van der Waals surface area contributed by atoms with Gasteiger partial charge < -0.3 is 14.9 Å².